The second-order valence-corrected chi connectivity index (χ2v) is 8.54. The van der Waals surface area contributed by atoms with Gasteiger partial charge in [0.1, 0.15) is 5.82 Å². The van der Waals surface area contributed by atoms with Crippen LogP contribution in [-0.4, -0.2) is 42.0 Å². The van der Waals surface area contributed by atoms with Crippen LogP contribution in [0.5, 0.6) is 5.75 Å². The molecule has 28 heavy (non-hydrogen) atoms. The number of nitrogens with zero attached hydrogens (tertiary/aromatic N) is 3. The number of halogens is 1. The minimum absolute atomic E-state index is 0.0314. The molecule has 9 nitrogen and oxygen atoms in total. The first-order valence-electron chi connectivity index (χ1n) is 8.57. The Morgan fingerprint density at radius 2 is 1.96 bits per heavy atom. The number of hydrogen-bond donors (Lipinski definition) is 4. The summed E-state index contributed by atoms with van der Waals surface area (Å²) in [5.41, 5.74) is -0.776. The first kappa shape index (κ1) is 20.1. The van der Waals surface area contributed by atoms with Crippen LogP contribution in [0.3, 0.4) is 0 Å². The molecule has 0 atom stereocenters. The fourth-order valence-electron chi connectivity index (χ4n) is 2.87. The van der Waals surface area contributed by atoms with Gasteiger partial charge in [-0.25, -0.2) is 13.7 Å². The van der Waals surface area contributed by atoms with Crippen molar-refractivity contribution in [3.8, 4) is 5.75 Å². The standard InChI is InChI=1S/C17H21FN4O5S/c1-21-16(25)14(23)13(15(24)19-10-11-4-6-12(18)7-5-11)20-17(21)22-8-2-3-9-28(22,26)27/h4-7,23,26-27H,2-3,8-10H2,1H3,(H,19,24). The highest BCUT2D eigenvalue weighted by Gasteiger charge is 2.31. The average Bonchev–Trinajstić information content (AvgIpc) is 2.66. The van der Waals surface area contributed by atoms with E-state index in [0.717, 1.165) is 4.57 Å². The van der Waals surface area contributed by atoms with Crippen molar-refractivity contribution in [3.63, 3.8) is 0 Å². The number of benzene rings is 1. The molecule has 1 aliphatic rings. The van der Waals surface area contributed by atoms with E-state index in [1.807, 2.05) is 0 Å². The van der Waals surface area contributed by atoms with Gasteiger partial charge < -0.3 is 10.4 Å². The Kier molecular flexibility index (Phi) is 5.59. The van der Waals surface area contributed by atoms with Crippen LogP contribution in [0.4, 0.5) is 10.3 Å². The van der Waals surface area contributed by atoms with Gasteiger partial charge >= 0.3 is 0 Å². The Morgan fingerprint density at radius 3 is 2.61 bits per heavy atom. The highest BCUT2D eigenvalue weighted by Crippen LogP contribution is 2.48. The van der Waals surface area contributed by atoms with Gasteiger partial charge in [0.05, 0.1) is 5.75 Å². The van der Waals surface area contributed by atoms with Crippen LogP contribution in [0.1, 0.15) is 28.9 Å². The van der Waals surface area contributed by atoms with Gasteiger partial charge in [0, 0.05) is 20.1 Å². The third-order valence-electron chi connectivity index (χ3n) is 4.43. The van der Waals surface area contributed by atoms with Crippen LogP contribution < -0.4 is 15.2 Å². The number of hydrogen-bond acceptors (Lipinski definition) is 7. The molecule has 3 rings (SSSR count). The second kappa shape index (κ2) is 7.78. The van der Waals surface area contributed by atoms with Crippen LogP contribution >= 0.6 is 10.8 Å². The Labute approximate surface area is 161 Å². The lowest BCUT2D eigenvalue weighted by Crippen LogP contribution is -2.39. The number of aromatic hydroxyl groups is 1. The summed E-state index contributed by atoms with van der Waals surface area (Å²) in [4.78, 5) is 28.9. The molecule has 4 N–H and O–H groups in total. The number of anilines is 1. The van der Waals surface area contributed by atoms with Gasteiger partial charge in [0.25, 0.3) is 11.5 Å². The number of rotatable bonds is 4. The fraction of sp³-hybridized carbons (Fsp3) is 0.353. The number of nitrogens with one attached hydrogen (secondary N) is 1. The fourth-order valence-corrected chi connectivity index (χ4v) is 4.53. The molecule has 2 heterocycles. The van der Waals surface area contributed by atoms with Gasteiger partial charge in [0.2, 0.25) is 11.7 Å². The van der Waals surface area contributed by atoms with Gasteiger partial charge in [-0.1, -0.05) is 12.1 Å². The minimum atomic E-state index is -3.17. The zero-order valence-corrected chi connectivity index (χ0v) is 15.9. The topological polar surface area (TPSA) is 128 Å². The summed E-state index contributed by atoms with van der Waals surface area (Å²) in [6.45, 7) is 0.285. The van der Waals surface area contributed by atoms with Crippen molar-refractivity contribution in [2.45, 2.75) is 19.4 Å². The molecule has 152 valence electrons. The number of aromatic nitrogens is 2. The Balaban J connectivity index is 1.90. The zero-order valence-electron chi connectivity index (χ0n) is 15.1. The van der Waals surface area contributed by atoms with E-state index in [0.29, 0.717) is 18.4 Å². The smallest absolute Gasteiger partial charge is 0.297 e. The molecule has 1 saturated heterocycles. The maximum atomic E-state index is 13.0. The van der Waals surface area contributed by atoms with Crippen molar-refractivity contribution in [3.05, 3.63) is 51.7 Å². The van der Waals surface area contributed by atoms with E-state index in [-0.39, 0.29) is 24.8 Å². The molecule has 11 heteroatoms. The van der Waals surface area contributed by atoms with E-state index in [1.165, 1.54) is 35.6 Å². The lowest BCUT2D eigenvalue weighted by Gasteiger charge is -2.46. The van der Waals surface area contributed by atoms with Crippen LogP contribution in [0.15, 0.2) is 29.1 Å². The molecule has 1 amide bonds. The first-order chi connectivity index (χ1) is 13.2. The quantitative estimate of drug-likeness (QED) is 0.603. The first-order valence-corrected chi connectivity index (χ1v) is 10.2. The molecule has 0 saturated carbocycles. The van der Waals surface area contributed by atoms with Gasteiger partial charge in [-0.2, -0.15) is 0 Å². The number of carbonyl (C=O) groups is 1. The Bertz CT molecular complexity index is 948. The van der Waals surface area contributed by atoms with Crippen LogP contribution in [-0.2, 0) is 13.6 Å². The maximum Gasteiger partial charge on any atom is 0.297 e. The van der Waals surface area contributed by atoms with Gasteiger partial charge in [-0.3, -0.25) is 23.3 Å². The molecular weight excluding hydrogens is 391 g/mol. The summed E-state index contributed by atoms with van der Waals surface area (Å²) >= 11 is 0. The van der Waals surface area contributed by atoms with E-state index in [1.54, 1.807) is 0 Å². The van der Waals surface area contributed by atoms with E-state index in [2.05, 4.69) is 10.3 Å². The summed E-state index contributed by atoms with van der Waals surface area (Å²) in [6, 6.07) is 5.46. The third kappa shape index (κ3) is 3.96. The van der Waals surface area contributed by atoms with Gasteiger partial charge in [-0.05, 0) is 30.5 Å². The highest BCUT2D eigenvalue weighted by molar-refractivity contribution is 8.25. The van der Waals surface area contributed by atoms with E-state index < -0.39 is 39.5 Å². The molecule has 0 aliphatic carbocycles. The van der Waals surface area contributed by atoms with Crippen LogP contribution in [0.2, 0.25) is 0 Å². The molecule has 1 fully saturated rings. The summed E-state index contributed by atoms with van der Waals surface area (Å²) < 4.78 is 35.7. The molecule has 1 aromatic carbocycles. The van der Waals surface area contributed by atoms with Crippen molar-refractivity contribution in [1.82, 2.24) is 14.9 Å². The highest BCUT2D eigenvalue weighted by atomic mass is 32.3. The molecular formula is C17H21FN4O5S. The molecule has 0 radical (unpaired) electrons. The summed E-state index contributed by atoms with van der Waals surface area (Å²) in [6.07, 6.45) is 1.29. The average molecular weight is 412 g/mol. The summed E-state index contributed by atoms with van der Waals surface area (Å²) in [7, 11) is -1.84. The van der Waals surface area contributed by atoms with Crippen LogP contribution in [0.25, 0.3) is 0 Å². The summed E-state index contributed by atoms with van der Waals surface area (Å²) in [5.74, 6) is -2.03. The number of amides is 1. The predicted octanol–water partition coefficient (Wildman–Crippen LogP) is 1.82. The Morgan fingerprint density at radius 1 is 1.29 bits per heavy atom. The minimum Gasteiger partial charge on any atom is -0.501 e. The monoisotopic (exact) mass is 412 g/mol. The Hall–Kier alpha value is -2.63. The van der Waals surface area contributed by atoms with Crippen molar-refractivity contribution >= 4 is 22.6 Å². The molecule has 0 bridgehead atoms. The molecule has 1 aliphatic heterocycles. The van der Waals surface area contributed by atoms with Crippen molar-refractivity contribution < 1.29 is 23.4 Å². The second-order valence-electron chi connectivity index (χ2n) is 6.43. The van der Waals surface area contributed by atoms with E-state index >= 15 is 0 Å². The normalized spacial score (nSPS) is 17.2. The summed E-state index contributed by atoms with van der Waals surface area (Å²) in [5, 5.41) is 12.6. The SMILES string of the molecule is Cn1c(N2CCCCS2(O)O)nc(C(=O)NCc2ccc(F)cc2)c(O)c1=O. The lowest BCUT2D eigenvalue weighted by molar-refractivity contribution is 0.0942. The van der Waals surface area contributed by atoms with Crippen molar-refractivity contribution in [2.24, 2.45) is 7.05 Å². The number of carbonyl (C=O) groups excluding carboxylic acids is 1. The van der Waals surface area contributed by atoms with E-state index in [9.17, 15) is 28.2 Å². The molecule has 2 aromatic rings. The molecule has 0 spiro atoms. The lowest BCUT2D eigenvalue weighted by atomic mass is 10.2. The van der Waals surface area contributed by atoms with E-state index in [4.69, 9.17) is 0 Å². The maximum absolute atomic E-state index is 13.0. The van der Waals surface area contributed by atoms with Crippen LogP contribution in [0, 0.1) is 5.82 Å². The zero-order chi connectivity index (χ0) is 20.5. The predicted molar refractivity (Wildman–Crippen MR) is 103 cm³/mol. The molecule has 1 aromatic heterocycles. The largest absolute Gasteiger partial charge is 0.501 e. The molecule has 0 unspecified atom stereocenters. The third-order valence-corrected chi connectivity index (χ3v) is 6.32. The van der Waals surface area contributed by atoms with Gasteiger partial charge in [0.15, 0.2) is 5.69 Å². The van der Waals surface area contributed by atoms with Gasteiger partial charge in [-0.15, -0.1) is 10.8 Å². The van der Waals surface area contributed by atoms with Crippen molar-refractivity contribution in [2.75, 3.05) is 16.6 Å². The van der Waals surface area contributed by atoms with Crippen molar-refractivity contribution in [1.29, 1.82) is 0 Å².